The summed E-state index contributed by atoms with van der Waals surface area (Å²) in [5.41, 5.74) is 6.69. The fourth-order valence-electron chi connectivity index (χ4n) is 2.74. The van der Waals surface area contributed by atoms with Crippen LogP contribution in [0, 0.1) is 5.41 Å². The van der Waals surface area contributed by atoms with Gasteiger partial charge in [-0.15, -0.1) is 11.3 Å². The van der Waals surface area contributed by atoms with Crippen LogP contribution in [-0.2, 0) is 12.8 Å². The van der Waals surface area contributed by atoms with E-state index in [1.165, 1.54) is 38.8 Å². The maximum atomic E-state index is 7.66. The molecule has 3 N–H and O–H groups in total. The molecule has 4 nitrogen and oxygen atoms in total. The average Bonchev–Trinajstić information content (AvgIpc) is 2.66. The Morgan fingerprint density at radius 3 is 2.55 bits per heavy atom. The van der Waals surface area contributed by atoms with Crippen LogP contribution in [0.5, 0.6) is 0 Å². The molecule has 0 spiro atoms. The summed E-state index contributed by atoms with van der Waals surface area (Å²) in [7, 11) is 0. The van der Waals surface area contributed by atoms with Crippen molar-refractivity contribution >= 4 is 17.2 Å². The normalized spacial score (nSPS) is 17.1. The van der Waals surface area contributed by atoms with Crippen molar-refractivity contribution in [1.29, 1.82) is 5.41 Å². The van der Waals surface area contributed by atoms with Crippen LogP contribution in [0.3, 0.4) is 0 Å². The molecule has 1 aliphatic rings. The minimum absolute atomic E-state index is 0.173. The summed E-state index contributed by atoms with van der Waals surface area (Å²) in [6.07, 6.45) is 8.39. The van der Waals surface area contributed by atoms with Gasteiger partial charge in [0.2, 0.25) is 0 Å². The van der Waals surface area contributed by atoms with E-state index in [0.29, 0.717) is 0 Å². The third-order valence-electron chi connectivity index (χ3n) is 3.81. The molecule has 2 rings (SSSR count). The van der Waals surface area contributed by atoms with Gasteiger partial charge in [0.1, 0.15) is 5.84 Å². The van der Waals surface area contributed by atoms with Crippen molar-refractivity contribution in [2.24, 2.45) is 5.73 Å². The standard InChI is InChI=1S/C15H26N4S/c1-2-7-12-14(15(16)17)20-13(18-12)8-11-19-9-5-3-4-6-10-19/h2-11H2,1H3,(H3,16,17). The highest BCUT2D eigenvalue weighted by Crippen LogP contribution is 2.20. The molecule has 1 saturated heterocycles. The Morgan fingerprint density at radius 2 is 1.95 bits per heavy atom. The molecule has 112 valence electrons. The van der Waals surface area contributed by atoms with Crippen LogP contribution >= 0.6 is 11.3 Å². The van der Waals surface area contributed by atoms with E-state index < -0.39 is 0 Å². The highest BCUT2D eigenvalue weighted by Gasteiger charge is 2.14. The quantitative estimate of drug-likeness (QED) is 0.626. The van der Waals surface area contributed by atoms with E-state index in [9.17, 15) is 0 Å². The minimum Gasteiger partial charge on any atom is -0.383 e. The summed E-state index contributed by atoms with van der Waals surface area (Å²) in [6, 6.07) is 0. The molecule has 0 aromatic carbocycles. The Morgan fingerprint density at radius 1 is 1.25 bits per heavy atom. The zero-order valence-corrected chi connectivity index (χ0v) is 13.3. The summed E-state index contributed by atoms with van der Waals surface area (Å²) in [6.45, 7) is 5.69. The number of amidine groups is 1. The van der Waals surface area contributed by atoms with Gasteiger partial charge in [0, 0.05) is 13.0 Å². The van der Waals surface area contributed by atoms with E-state index in [1.807, 2.05) is 0 Å². The lowest BCUT2D eigenvalue weighted by molar-refractivity contribution is 0.288. The van der Waals surface area contributed by atoms with Gasteiger partial charge in [0.25, 0.3) is 0 Å². The molecule has 1 fully saturated rings. The Bertz CT molecular complexity index is 433. The number of thiazole rings is 1. The lowest BCUT2D eigenvalue weighted by Gasteiger charge is -2.18. The fourth-order valence-corrected chi connectivity index (χ4v) is 3.70. The van der Waals surface area contributed by atoms with Crippen LogP contribution in [0.15, 0.2) is 0 Å². The molecule has 0 radical (unpaired) electrons. The molecule has 20 heavy (non-hydrogen) atoms. The van der Waals surface area contributed by atoms with E-state index in [4.69, 9.17) is 16.1 Å². The zero-order valence-electron chi connectivity index (χ0n) is 12.5. The molecule has 0 saturated carbocycles. The van der Waals surface area contributed by atoms with Gasteiger partial charge >= 0.3 is 0 Å². The van der Waals surface area contributed by atoms with Crippen molar-refractivity contribution in [1.82, 2.24) is 9.88 Å². The van der Waals surface area contributed by atoms with Crippen LogP contribution in [-0.4, -0.2) is 35.4 Å². The molecule has 0 aliphatic carbocycles. The van der Waals surface area contributed by atoms with Crippen LogP contribution in [0.1, 0.15) is 54.6 Å². The first-order valence-electron chi connectivity index (χ1n) is 7.76. The SMILES string of the molecule is CCCc1nc(CCN2CCCCCC2)sc1C(=N)N. The van der Waals surface area contributed by atoms with Gasteiger partial charge in [0.05, 0.1) is 15.6 Å². The summed E-state index contributed by atoms with van der Waals surface area (Å²) in [5.74, 6) is 0.173. The maximum absolute atomic E-state index is 7.66. The fraction of sp³-hybridized carbons (Fsp3) is 0.733. The van der Waals surface area contributed by atoms with Crippen LogP contribution in [0.2, 0.25) is 0 Å². The number of hydrogen-bond acceptors (Lipinski definition) is 4. The summed E-state index contributed by atoms with van der Waals surface area (Å²) >= 11 is 1.61. The summed E-state index contributed by atoms with van der Waals surface area (Å²) < 4.78 is 0. The Hall–Kier alpha value is -0.940. The predicted molar refractivity (Wildman–Crippen MR) is 85.7 cm³/mol. The second-order valence-electron chi connectivity index (χ2n) is 5.55. The molecule has 5 heteroatoms. The number of aryl methyl sites for hydroxylation is 1. The van der Waals surface area contributed by atoms with E-state index in [2.05, 4.69) is 11.8 Å². The zero-order chi connectivity index (χ0) is 14.4. The second-order valence-corrected chi connectivity index (χ2v) is 6.64. The molecule has 0 amide bonds. The largest absolute Gasteiger partial charge is 0.383 e. The molecule has 1 aromatic rings. The van der Waals surface area contributed by atoms with Crippen molar-refractivity contribution in [3.05, 3.63) is 15.6 Å². The molecule has 0 atom stereocenters. The number of nitrogens with two attached hydrogens (primary N) is 1. The van der Waals surface area contributed by atoms with Crippen molar-refractivity contribution in [3.63, 3.8) is 0 Å². The maximum Gasteiger partial charge on any atom is 0.135 e. The summed E-state index contributed by atoms with van der Waals surface area (Å²) in [4.78, 5) is 8.14. The molecule has 1 aromatic heterocycles. The number of nitrogen functional groups attached to an aromatic ring is 1. The van der Waals surface area contributed by atoms with Crippen molar-refractivity contribution in [2.75, 3.05) is 19.6 Å². The third-order valence-corrected chi connectivity index (χ3v) is 5.00. The van der Waals surface area contributed by atoms with Crippen molar-refractivity contribution in [3.8, 4) is 0 Å². The molecular weight excluding hydrogens is 268 g/mol. The van der Waals surface area contributed by atoms with Gasteiger partial charge < -0.3 is 10.6 Å². The van der Waals surface area contributed by atoms with E-state index in [-0.39, 0.29) is 5.84 Å². The summed E-state index contributed by atoms with van der Waals surface area (Å²) in [5, 5.41) is 8.80. The molecule has 1 aliphatic heterocycles. The van der Waals surface area contributed by atoms with Gasteiger partial charge in [0.15, 0.2) is 0 Å². The van der Waals surface area contributed by atoms with Gasteiger partial charge in [-0.05, 0) is 32.4 Å². The monoisotopic (exact) mass is 294 g/mol. The van der Waals surface area contributed by atoms with E-state index in [0.717, 1.165) is 41.4 Å². The first-order valence-corrected chi connectivity index (χ1v) is 8.57. The Kier molecular flexibility index (Phi) is 5.98. The lowest BCUT2D eigenvalue weighted by Crippen LogP contribution is -2.26. The number of aromatic nitrogens is 1. The smallest absolute Gasteiger partial charge is 0.135 e. The van der Waals surface area contributed by atoms with Crippen molar-refractivity contribution in [2.45, 2.75) is 51.9 Å². The highest BCUT2D eigenvalue weighted by molar-refractivity contribution is 7.13. The number of hydrogen-bond donors (Lipinski definition) is 2. The lowest BCUT2D eigenvalue weighted by atomic mass is 10.2. The third kappa shape index (κ3) is 4.28. The topological polar surface area (TPSA) is 66.0 Å². The molecule has 0 unspecified atom stereocenters. The van der Waals surface area contributed by atoms with Gasteiger partial charge in [-0.1, -0.05) is 26.2 Å². The Balaban J connectivity index is 1.94. The molecular formula is C15H26N4S. The van der Waals surface area contributed by atoms with Crippen molar-refractivity contribution < 1.29 is 0 Å². The number of nitrogens with zero attached hydrogens (tertiary/aromatic N) is 2. The second kappa shape index (κ2) is 7.74. The molecule has 2 heterocycles. The number of likely N-dealkylation sites (tertiary alicyclic amines) is 1. The van der Waals surface area contributed by atoms with E-state index >= 15 is 0 Å². The number of rotatable bonds is 6. The minimum atomic E-state index is 0.173. The first kappa shape index (κ1) is 15.4. The van der Waals surface area contributed by atoms with E-state index in [1.54, 1.807) is 11.3 Å². The highest BCUT2D eigenvalue weighted by atomic mass is 32.1. The van der Waals surface area contributed by atoms with Gasteiger partial charge in [-0.3, -0.25) is 5.41 Å². The Labute approximate surface area is 125 Å². The van der Waals surface area contributed by atoms with Gasteiger partial charge in [-0.25, -0.2) is 4.98 Å². The average molecular weight is 294 g/mol. The number of nitrogens with one attached hydrogen (secondary N) is 1. The predicted octanol–water partition coefficient (Wildman–Crippen LogP) is 2.80. The van der Waals surface area contributed by atoms with Crippen LogP contribution < -0.4 is 5.73 Å². The van der Waals surface area contributed by atoms with Gasteiger partial charge in [-0.2, -0.15) is 0 Å². The first-order chi connectivity index (χ1) is 9.70. The molecule has 0 bridgehead atoms. The van der Waals surface area contributed by atoms with Crippen LogP contribution in [0.4, 0.5) is 0 Å². The van der Waals surface area contributed by atoms with Crippen LogP contribution in [0.25, 0.3) is 0 Å².